The predicted octanol–water partition coefficient (Wildman–Crippen LogP) is 3.28. The first-order valence-electron chi connectivity index (χ1n) is 8.89. The van der Waals surface area contributed by atoms with Gasteiger partial charge in [0, 0.05) is 24.2 Å². The minimum Gasteiger partial charge on any atom is -0.502 e. The lowest BCUT2D eigenvalue weighted by Gasteiger charge is -2.33. The van der Waals surface area contributed by atoms with Crippen LogP contribution in [0.4, 0.5) is 0 Å². The smallest absolute Gasteiger partial charge is 0.201 e. The van der Waals surface area contributed by atoms with Crippen molar-refractivity contribution in [3.63, 3.8) is 0 Å². The van der Waals surface area contributed by atoms with E-state index in [2.05, 4.69) is 15.9 Å². The SMILES string of the molecule is Oc1c2c(cc3c1OCN(Cc1ccco1)C3)CN(Cc1ccco1)CO2. The van der Waals surface area contributed by atoms with E-state index in [1.54, 1.807) is 12.5 Å². The van der Waals surface area contributed by atoms with Crippen molar-refractivity contribution in [1.82, 2.24) is 9.80 Å². The maximum atomic E-state index is 10.6. The van der Waals surface area contributed by atoms with Gasteiger partial charge in [-0.2, -0.15) is 0 Å². The molecule has 2 aliphatic heterocycles. The van der Waals surface area contributed by atoms with Crippen molar-refractivity contribution in [2.45, 2.75) is 26.2 Å². The van der Waals surface area contributed by atoms with Crippen LogP contribution in [0.5, 0.6) is 17.2 Å². The van der Waals surface area contributed by atoms with Gasteiger partial charge in [-0.3, -0.25) is 9.80 Å². The second kappa shape index (κ2) is 6.68. The molecule has 0 bridgehead atoms. The van der Waals surface area contributed by atoms with Gasteiger partial charge in [0.15, 0.2) is 11.5 Å². The molecule has 2 aromatic heterocycles. The number of nitrogens with zero attached hydrogens (tertiary/aromatic N) is 2. The Balaban J connectivity index is 1.36. The summed E-state index contributed by atoms with van der Waals surface area (Å²) in [7, 11) is 0. The summed E-state index contributed by atoms with van der Waals surface area (Å²) in [6.45, 7) is 3.45. The number of hydrogen-bond donors (Lipinski definition) is 1. The Morgan fingerprint density at radius 2 is 1.33 bits per heavy atom. The van der Waals surface area contributed by atoms with Gasteiger partial charge < -0.3 is 23.4 Å². The maximum Gasteiger partial charge on any atom is 0.201 e. The lowest BCUT2D eigenvalue weighted by Crippen LogP contribution is -2.34. The fourth-order valence-corrected chi connectivity index (χ4v) is 3.64. The zero-order chi connectivity index (χ0) is 18.2. The second-order valence-corrected chi connectivity index (χ2v) is 6.88. The van der Waals surface area contributed by atoms with Gasteiger partial charge >= 0.3 is 0 Å². The highest BCUT2D eigenvalue weighted by atomic mass is 16.5. The van der Waals surface area contributed by atoms with Gasteiger partial charge in [0.05, 0.1) is 25.6 Å². The van der Waals surface area contributed by atoms with Crippen LogP contribution in [0.15, 0.2) is 51.7 Å². The van der Waals surface area contributed by atoms with Crippen molar-refractivity contribution < 1.29 is 23.4 Å². The molecule has 2 aliphatic rings. The largest absolute Gasteiger partial charge is 0.502 e. The molecule has 7 heteroatoms. The van der Waals surface area contributed by atoms with E-state index in [1.165, 1.54) is 0 Å². The summed E-state index contributed by atoms with van der Waals surface area (Å²) in [5, 5.41) is 10.6. The lowest BCUT2D eigenvalue weighted by atomic mass is 10.0. The van der Waals surface area contributed by atoms with Crippen molar-refractivity contribution in [2.75, 3.05) is 13.5 Å². The summed E-state index contributed by atoms with van der Waals surface area (Å²) in [5.74, 6) is 2.90. The average Bonchev–Trinajstić information content (AvgIpc) is 3.36. The highest BCUT2D eigenvalue weighted by molar-refractivity contribution is 5.59. The Morgan fingerprint density at radius 3 is 1.78 bits per heavy atom. The maximum absolute atomic E-state index is 10.6. The van der Waals surface area contributed by atoms with E-state index in [0.717, 1.165) is 22.6 Å². The van der Waals surface area contributed by atoms with Crippen LogP contribution >= 0.6 is 0 Å². The molecule has 27 heavy (non-hydrogen) atoms. The molecule has 7 nitrogen and oxygen atoms in total. The molecule has 0 amide bonds. The monoisotopic (exact) mass is 368 g/mol. The van der Waals surface area contributed by atoms with Crippen molar-refractivity contribution in [2.24, 2.45) is 0 Å². The van der Waals surface area contributed by atoms with E-state index in [1.807, 2.05) is 24.3 Å². The summed E-state index contributed by atoms with van der Waals surface area (Å²) in [4.78, 5) is 4.24. The summed E-state index contributed by atoms with van der Waals surface area (Å²) >= 11 is 0. The van der Waals surface area contributed by atoms with Gasteiger partial charge in [-0.05, 0) is 30.3 Å². The topological polar surface area (TPSA) is 71.5 Å². The summed E-state index contributed by atoms with van der Waals surface area (Å²) in [5.41, 5.74) is 1.90. The Labute approximate surface area is 156 Å². The van der Waals surface area contributed by atoms with Gasteiger partial charge in [-0.25, -0.2) is 0 Å². The van der Waals surface area contributed by atoms with Gasteiger partial charge in [0.25, 0.3) is 0 Å². The molecule has 5 rings (SSSR count). The molecule has 0 unspecified atom stereocenters. The minimum absolute atomic E-state index is 0.0952. The van der Waals surface area contributed by atoms with Crippen LogP contribution in [0.1, 0.15) is 22.6 Å². The third-order valence-electron chi connectivity index (χ3n) is 4.85. The highest BCUT2D eigenvalue weighted by Crippen LogP contribution is 2.46. The van der Waals surface area contributed by atoms with E-state index < -0.39 is 0 Å². The number of ether oxygens (including phenoxy) is 2. The van der Waals surface area contributed by atoms with Gasteiger partial charge in [0.2, 0.25) is 5.75 Å². The van der Waals surface area contributed by atoms with E-state index in [0.29, 0.717) is 51.1 Å². The molecule has 0 saturated carbocycles. The highest BCUT2D eigenvalue weighted by Gasteiger charge is 2.29. The molecular formula is C20H20N2O5. The Hall–Kier alpha value is -2.90. The van der Waals surface area contributed by atoms with Crippen LogP contribution in [-0.4, -0.2) is 28.4 Å². The van der Waals surface area contributed by atoms with E-state index in [9.17, 15) is 5.11 Å². The first-order valence-corrected chi connectivity index (χ1v) is 8.89. The van der Waals surface area contributed by atoms with E-state index >= 15 is 0 Å². The fourth-order valence-electron chi connectivity index (χ4n) is 3.64. The molecule has 4 heterocycles. The Morgan fingerprint density at radius 1 is 0.815 bits per heavy atom. The molecule has 1 N–H and O–H groups in total. The molecule has 0 aliphatic carbocycles. The molecule has 140 valence electrons. The Bertz CT molecular complexity index is 848. The second-order valence-electron chi connectivity index (χ2n) is 6.88. The normalized spacial score (nSPS) is 17.0. The van der Waals surface area contributed by atoms with Crippen LogP contribution in [0.2, 0.25) is 0 Å². The zero-order valence-electron chi connectivity index (χ0n) is 14.8. The lowest BCUT2D eigenvalue weighted by molar-refractivity contribution is 0.0667. The molecule has 0 spiro atoms. The third-order valence-corrected chi connectivity index (χ3v) is 4.85. The van der Waals surface area contributed by atoms with Crippen molar-refractivity contribution in [3.05, 3.63) is 65.5 Å². The number of hydrogen-bond acceptors (Lipinski definition) is 7. The van der Waals surface area contributed by atoms with Crippen molar-refractivity contribution in [1.29, 1.82) is 0 Å². The van der Waals surface area contributed by atoms with Crippen LogP contribution < -0.4 is 9.47 Å². The van der Waals surface area contributed by atoms with Crippen LogP contribution in [0.3, 0.4) is 0 Å². The molecular weight excluding hydrogens is 348 g/mol. The average molecular weight is 368 g/mol. The van der Waals surface area contributed by atoms with Gasteiger partial charge in [0.1, 0.15) is 25.0 Å². The molecule has 3 aromatic rings. The number of rotatable bonds is 4. The molecule has 0 radical (unpaired) electrons. The fraction of sp³-hybridized carbons (Fsp3) is 0.300. The summed E-state index contributed by atoms with van der Waals surface area (Å²) < 4.78 is 22.5. The number of fused-ring (bicyclic) bond motifs is 2. The Kier molecular flexibility index (Phi) is 4.03. The van der Waals surface area contributed by atoms with Crippen molar-refractivity contribution in [3.8, 4) is 17.2 Å². The zero-order valence-corrected chi connectivity index (χ0v) is 14.8. The molecule has 1 aromatic carbocycles. The summed E-state index contributed by atoms with van der Waals surface area (Å²) in [6.07, 6.45) is 3.34. The number of phenols is 1. The number of benzene rings is 1. The number of phenolic OH excluding ortho intramolecular Hbond substituents is 1. The van der Waals surface area contributed by atoms with E-state index in [4.69, 9.17) is 18.3 Å². The quantitative estimate of drug-likeness (QED) is 0.758. The van der Waals surface area contributed by atoms with Gasteiger partial charge in [-0.1, -0.05) is 0 Å². The molecule has 0 saturated heterocycles. The van der Waals surface area contributed by atoms with Crippen LogP contribution in [0.25, 0.3) is 0 Å². The number of aromatic hydroxyl groups is 1. The van der Waals surface area contributed by atoms with Crippen molar-refractivity contribution >= 4 is 0 Å². The molecule has 0 atom stereocenters. The van der Waals surface area contributed by atoms with Gasteiger partial charge in [-0.15, -0.1) is 0 Å². The van der Waals surface area contributed by atoms with Crippen LogP contribution in [0, 0.1) is 0 Å². The first-order chi connectivity index (χ1) is 13.3. The first kappa shape index (κ1) is 16.3. The standard InChI is InChI=1S/C20H20N2O5/c23-18-19-14(8-21(12-26-19)10-16-3-1-5-24-16)7-15-9-22(13-27-20(15)18)11-17-4-2-6-25-17/h1-7,23H,8-13H2. The predicted molar refractivity (Wildman–Crippen MR) is 95.0 cm³/mol. The minimum atomic E-state index is 0.0952. The van der Waals surface area contributed by atoms with E-state index in [-0.39, 0.29) is 5.75 Å². The number of furan rings is 2. The molecule has 0 fully saturated rings. The summed E-state index contributed by atoms with van der Waals surface area (Å²) in [6, 6.07) is 9.70. The third kappa shape index (κ3) is 3.15. The van der Waals surface area contributed by atoms with Crippen LogP contribution in [-0.2, 0) is 26.2 Å².